The molecule has 0 aliphatic carbocycles. The van der Waals surface area contributed by atoms with Crippen molar-refractivity contribution in [2.75, 3.05) is 13.1 Å². The molecule has 0 bridgehead atoms. The van der Waals surface area contributed by atoms with E-state index in [1.165, 1.54) is 5.56 Å². The van der Waals surface area contributed by atoms with Gasteiger partial charge in [-0.2, -0.15) is 5.26 Å². The summed E-state index contributed by atoms with van der Waals surface area (Å²) in [5.41, 5.74) is 1.30. The quantitative estimate of drug-likeness (QED) is 0.736. The minimum absolute atomic E-state index is 0.0250. The molecule has 16 heavy (non-hydrogen) atoms. The third kappa shape index (κ3) is 2.75. The number of benzene rings is 1. The lowest BCUT2D eigenvalue weighted by atomic mass is 9.98. The van der Waals surface area contributed by atoms with E-state index >= 15 is 0 Å². The SMILES string of the molecule is N#CC1CN(Cc2ccccc2)CCC1Cl. The Morgan fingerprint density at radius 2 is 2.12 bits per heavy atom. The molecule has 0 spiro atoms. The number of rotatable bonds is 2. The number of halogens is 1. The van der Waals surface area contributed by atoms with Gasteiger partial charge in [-0.1, -0.05) is 30.3 Å². The minimum atomic E-state index is -0.0286. The Morgan fingerprint density at radius 1 is 1.38 bits per heavy atom. The van der Waals surface area contributed by atoms with Crippen LogP contribution in [0.4, 0.5) is 0 Å². The molecule has 2 atom stereocenters. The average molecular weight is 235 g/mol. The Labute approximate surface area is 101 Å². The van der Waals surface area contributed by atoms with Gasteiger partial charge in [0.05, 0.1) is 17.4 Å². The summed E-state index contributed by atoms with van der Waals surface area (Å²) >= 11 is 6.10. The molecule has 2 unspecified atom stereocenters. The molecule has 2 rings (SSSR count). The zero-order valence-corrected chi connectivity index (χ0v) is 9.90. The van der Waals surface area contributed by atoms with Gasteiger partial charge in [0.15, 0.2) is 0 Å². The van der Waals surface area contributed by atoms with Gasteiger partial charge >= 0.3 is 0 Å². The van der Waals surface area contributed by atoms with Crippen LogP contribution in [0.25, 0.3) is 0 Å². The van der Waals surface area contributed by atoms with E-state index in [0.717, 1.165) is 26.1 Å². The van der Waals surface area contributed by atoms with E-state index in [-0.39, 0.29) is 11.3 Å². The van der Waals surface area contributed by atoms with Crippen LogP contribution in [-0.2, 0) is 6.54 Å². The number of hydrogen-bond donors (Lipinski definition) is 0. The van der Waals surface area contributed by atoms with E-state index in [1.54, 1.807) is 0 Å². The molecule has 0 saturated carbocycles. The average Bonchev–Trinajstić information content (AvgIpc) is 2.33. The Bertz CT molecular complexity index is 371. The number of alkyl halides is 1. The molecule has 1 aromatic rings. The minimum Gasteiger partial charge on any atom is -0.298 e. The predicted octanol–water partition coefficient (Wildman–Crippen LogP) is 2.64. The fourth-order valence-corrected chi connectivity index (χ4v) is 2.33. The van der Waals surface area contributed by atoms with Gasteiger partial charge in [-0.15, -0.1) is 11.6 Å². The summed E-state index contributed by atoms with van der Waals surface area (Å²) in [4.78, 5) is 2.31. The zero-order valence-electron chi connectivity index (χ0n) is 9.14. The first kappa shape index (κ1) is 11.4. The molecular weight excluding hydrogens is 220 g/mol. The van der Waals surface area contributed by atoms with Crippen molar-refractivity contribution < 1.29 is 0 Å². The Kier molecular flexibility index (Phi) is 3.82. The van der Waals surface area contributed by atoms with Gasteiger partial charge in [0, 0.05) is 13.1 Å². The van der Waals surface area contributed by atoms with E-state index in [9.17, 15) is 0 Å². The third-order valence-corrected chi connectivity index (χ3v) is 3.55. The zero-order chi connectivity index (χ0) is 11.4. The lowest BCUT2D eigenvalue weighted by Gasteiger charge is -2.32. The maximum atomic E-state index is 8.98. The molecule has 1 aliphatic heterocycles. The Balaban J connectivity index is 1.95. The maximum absolute atomic E-state index is 8.98. The first-order valence-electron chi connectivity index (χ1n) is 5.59. The van der Waals surface area contributed by atoms with E-state index in [4.69, 9.17) is 16.9 Å². The number of nitrogens with zero attached hydrogens (tertiary/aromatic N) is 2. The monoisotopic (exact) mass is 234 g/mol. The second-order valence-corrected chi connectivity index (χ2v) is 4.82. The molecule has 1 fully saturated rings. The van der Waals surface area contributed by atoms with Gasteiger partial charge < -0.3 is 0 Å². The molecule has 3 heteroatoms. The maximum Gasteiger partial charge on any atom is 0.0754 e. The van der Waals surface area contributed by atoms with Crippen molar-refractivity contribution in [2.24, 2.45) is 5.92 Å². The van der Waals surface area contributed by atoms with Crippen LogP contribution in [0.1, 0.15) is 12.0 Å². The third-order valence-electron chi connectivity index (χ3n) is 3.03. The fraction of sp³-hybridized carbons (Fsp3) is 0.462. The highest BCUT2D eigenvalue weighted by Crippen LogP contribution is 2.22. The lowest BCUT2D eigenvalue weighted by Crippen LogP contribution is -2.40. The first-order valence-corrected chi connectivity index (χ1v) is 6.03. The molecule has 1 saturated heterocycles. The predicted molar refractivity (Wildman–Crippen MR) is 65.1 cm³/mol. The van der Waals surface area contributed by atoms with Gasteiger partial charge in [-0.25, -0.2) is 0 Å². The second-order valence-electron chi connectivity index (χ2n) is 4.26. The van der Waals surface area contributed by atoms with Crippen molar-refractivity contribution in [1.29, 1.82) is 5.26 Å². The van der Waals surface area contributed by atoms with Crippen molar-refractivity contribution in [2.45, 2.75) is 18.3 Å². The van der Waals surface area contributed by atoms with Gasteiger partial charge in [-0.3, -0.25) is 4.90 Å². The molecule has 2 nitrogen and oxygen atoms in total. The van der Waals surface area contributed by atoms with Crippen molar-refractivity contribution in [3.05, 3.63) is 35.9 Å². The number of piperidine rings is 1. The van der Waals surface area contributed by atoms with Gasteiger partial charge in [-0.05, 0) is 18.5 Å². The normalized spacial score (nSPS) is 26.2. The highest BCUT2D eigenvalue weighted by Gasteiger charge is 2.27. The van der Waals surface area contributed by atoms with Crippen LogP contribution in [0.2, 0.25) is 0 Å². The van der Waals surface area contributed by atoms with E-state index < -0.39 is 0 Å². The molecule has 1 aliphatic rings. The highest BCUT2D eigenvalue weighted by atomic mass is 35.5. The summed E-state index contributed by atoms with van der Waals surface area (Å²) in [6.45, 7) is 2.70. The van der Waals surface area contributed by atoms with Crippen LogP contribution in [0.15, 0.2) is 30.3 Å². The van der Waals surface area contributed by atoms with E-state index in [2.05, 4.69) is 23.1 Å². The summed E-state index contributed by atoms with van der Waals surface area (Å²) in [5, 5.41) is 9.01. The number of nitriles is 1. The topological polar surface area (TPSA) is 27.0 Å². The molecule has 1 heterocycles. The second kappa shape index (κ2) is 5.34. The Hall–Kier alpha value is -1.04. The van der Waals surface area contributed by atoms with E-state index in [0.29, 0.717) is 0 Å². The summed E-state index contributed by atoms with van der Waals surface area (Å²) in [6.07, 6.45) is 0.909. The highest BCUT2D eigenvalue weighted by molar-refractivity contribution is 6.21. The van der Waals surface area contributed by atoms with Gasteiger partial charge in [0.2, 0.25) is 0 Å². The molecule has 84 valence electrons. The lowest BCUT2D eigenvalue weighted by molar-refractivity contribution is 0.195. The standard InChI is InChI=1S/C13H15ClN2/c14-13-6-7-16(10-12(13)8-15)9-11-4-2-1-3-5-11/h1-5,12-13H,6-7,9-10H2. The smallest absolute Gasteiger partial charge is 0.0754 e. The molecule has 0 N–H and O–H groups in total. The molecule has 0 aromatic heterocycles. The van der Waals surface area contributed by atoms with Crippen molar-refractivity contribution >= 4 is 11.6 Å². The summed E-state index contributed by atoms with van der Waals surface area (Å²) in [5.74, 6) is -0.0286. The summed E-state index contributed by atoms with van der Waals surface area (Å²) in [6, 6.07) is 12.6. The largest absolute Gasteiger partial charge is 0.298 e. The fourth-order valence-electron chi connectivity index (χ4n) is 2.10. The molecule has 0 radical (unpaired) electrons. The Morgan fingerprint density at radius 3 is 2.81 bits per heavy atom. The number of hydrogen-bond acceptors (Lipinski definition) is 2. The van der Waals surface area contributed by atoms with E-state index in [1.807, 2.05) is 18.2 Å². The number of likely N-dealkylation sites (tertiary alicyclic amines) is 1. The van der Waals surface area contributed by atoms with Crippen LogP contribution < -0.4 is 0 Å². The molecule has 1 aromatic carbocycles. The van der Waals surface area contributed by atoms with Crippen LogP contribution in [0.3, 0.4) is 0 Å². The first-order chi connectivity index (χ1) is 7.79. The molecular formula is C13H15ClN2. The van der Waals surface area contributed by atoms with Crippen LogP contribution in [-0.4, -0.2) is 23.4 Å². The molecule has 0 amide bonds. The summed E-state index contributed by atoms with van der Waals surface area (Å²) < 4.78 is 0. The van der Waals surface area contributed by atoms with Crippen molar-refractivity contribution in [3.8, 4) is 6.07 Å². The van der Waals surface area contributed by atoms with Crippen molar-refractivity contribution in [1.82, 2.24) is 4.90 Å². The van der Waals surface area contributed by atoms with Crippen LogP contribution in [0.5, 0.6) is 0 Å². The van der Waals surface area contributed by atoms with Gasteiger partial charge in [0.1, 0.15) is 0 Å². The summed E-state index contributed by atoms with van der Waals surface area (Å²) in [7, 11) is 0. The van der Waals surface area contributed by atoms with Crippen LogP contribution in [0, 0.1) is 17.2 Å². The van der Waals surface area contributed by atoms with Gasteiger partial charge in [0.25, 0.3) is 0 Å². The van der Waals surface area contributed by atoms with Crippen LogP contribution >= 0.6 is 11.6 Å². The van der Waals surface area contributed by atoms with Crippen molar-refractivity contribution in [3.63, 3.8) is 0 Å².